The van der Waals surface area contributed by atoms with Gasteiger partial charge >= 0.3 is 0 Å². The lowest BCUT2D eigenvalue weighted by molar-refractivity contribution is 0.111. The predicted octanol–water partition coefficient (Wildman–Crippen LogP) is 6.21. The first-order valence-electron chi connectivity index (χ1n) is 10.1. The Balaban J connectivity index is 0.000000169. The number of rotatable bonds is 3. The molecule has 0 unspecified atom stereocenters. The fourth-order valence-corrected chi connectivity index (χ4v) is 4.69. The van der Waals surface area contributed by atoms with Gasteiger partial charge in [-0.2, -0.15) is 0 Å². The minimum atomic E-state index is 0.187. The zero-order valence-corrected chi connectivity index (χ0v) is 21.5. The summed E-state index contributed by atoms with van der Waals surface area (Å²) in [6, 6.07) is 13.4. The van der Waals surface area contributed by atoms with Crippen LogP contribution < -0.4 is 24.3 Å². The highest BCUT2D eigenvalue weighted by Crippen LogP contribution is 2.39. The number of aliphatic imine (C=N–C) groups is 1. The van der Waals surface area contributed by atoms with Crippen LogP contribution in [0.2, 0.25) is 0 Å². The summed E-state index contributed by atoms with van der Waals surface area (Å²) >= 11 is 12.0. The lowest BCUT2D eigenvalue weighted by Gasteiger charge is -2.04. The van der Waals surface area contributed by atoms with Crippen molar-refractivity contribution in [3.8, 4) is 23.0 Å². The maximum atomic E-state index is 10.6. The third-order valence-corrected chi connectivity index (χ3v) is 6.85. The first kappa shape index (κ1) is 22.8. The molecule has 3 aromatic carbocycles. The van der Waals surface area contributed by atoms with Crippen LogP contribution in [0.4, 0.5) is 11.4 Å². The van der Waals surface area contributed by atoms with Gasteiger partial charge in [-0.3, -0.25) is 9.79 Å². The van der Waals surface area contributed by atoms with E-state index in [2.05, 4.69) is 42.2 Å². The van der Waals surface area contributed by atoms with E-state index in [0.29, 0.717) is 17.1 Å². The summed E-state index contributed by atoms with van der Waals surface area (Å²) in [5, 5.41) is 3.18. The number of carbonyl (C=O) groups excluding carboxylic acids is 1. The molecular weight excluding hydrogens is 588 g/mol. The van der Waals surface area contributed by atoms with Crippen LogP contribution in [0.5, 0.6) is 23.0 Å². The summed E-state index contributed by atoms with van der Waals surface area (Å²) in [6.45, 7) is 0.432. The summed E-state index contributed by atoms with van der Waals surface area (Å²) in [7, 11) is 0. The molecule has 0 saturated heterocycles. The van der Waals surface area contributed by atoms with Gasteiger partial charge in [-0.15, -0.1) is 0 Å². The Morgan fingerprint density at radius 2 is 1.53 bits per heavy atom. The Kier molecular flexibility index (Phi) is 6.53. The van der Waals surface area contributed by atoms with Crippen LogP contribution in [0, 0.1) is 0 Å². The number of benzene rings is 3. The van der Waals surface area contributed by atoms with E-state index in [9.17, 15) is 4.79 Å². The van der Waals surface area contributed by atoms with Crippen LogP contribution in [-0.2, 0) is 6.42 Å². The van der Waals surface area contributed by atoms with E-state index in [1.807, 2.05) is 30.3 Å². The minimum Gasteiger partial charge on any atom is -0.454 e. The number of fused-ring (bicyclic) bond motifs is 3. The molecule has 3 heterocycles. The molecule has 0 atom stereocenters. The van der Waals surface area contributed by atoms with Gasteiger partial charge in [0.15, 0.2) is 29.3 Å². The van der Waals surface area contributed by atoms with Gasteiger partial charge in [0, 0.05) is 27.3 Å². The second-order valence-electron chi connectivity index (χ2n) is 7.33. The van der Waals surface area contributed by atoms with E-state index in [1.54, 1.807) is 18.3 Å². The Bertz CT molecular complexity index is 1350. The van der Waals surface area contributed by atoms with Crippen molar-refractivity contribution < 1.29 is 23.7 Å². The van der Waals surface area contributed by atoms with Gasteiger partial charge in [-0.25, -0.2) is 0 Å². The quantitative estimate of drug-likeness (QED) is 0.216. The van der Waals surface area contributed by atoms with Crippen LogP contribution in [0.15, 0.2) is 56.4 Å². The number of aldehydes is 1. The van der Waals surface area contributed by atoms with Crippen LogP contribution in [-0.4, -0.2) is 31.1 Å². The maximum absolute atomic E-state index is 10.6. The highest BCUT2D eigenvalue weighted by atomic mass is 79.9. The van der Waals surface area contributed by atoms with Crippen molar-refractivity contribution in [1.29, 1.82) is 0 Å². The van der Waals surface area contributed by atoms with Gasteiger partial charge in [0.25, 0.3) is 0 Å². The molecule has 0 saturated carbocycles. The van der Waals surface area contributed by atoms with Crippen molar-refractivity contribution in [2.24, 2.45) is 4.99 Å². The molecule has 172 valence electrons. The number of nitrogens with zero attached hydrogens (tertiary/aromatic N) is 1. The number of carbonyl (C=O) groups is 1. The lowest BCUT2D eigenvalue weighted by atomic mass is 10.1. The Labute approximate surface area is 217 Å². The van der Waals surface area contributed by atoms with Gasteiger partial charge in [0.1, 0.15) is 0 Å². The molecule has 0 amide bonds. The number of ether oxygens (including phenoxy) is 4. The molecule has 3 aliphatic rings. The van der Waals surface area contributed by atoms with E-state index >= 15 is 0 Å². The Morgan fingerprint density at radius 1 is 0.882 bits per heavy atom. The molecule has 6 rings (SSSR count). The van der Waals surface area contributed by atoms with Crippen LogP contribution in [0.3, 0.4) is 0 Å². The summed E-state index contributed by atoms with van der Waals surface area (Å²) in [6.07, 6.45) is 3.31. The molecule has 0 radical (unpaired) electrons. The average Bonchev–Trinajstić information content (AvgIpc) is 3.57. The van der Waals surface area contributed by atoms with Crippen LogP contribution in [0.25, 0.3) is 0 Å². The number of hydrogen-bond acceptors (Lipinski definition) is 7. The SMILES string of the molecule is O=Cc1c(Br)ccc2c1OCO2.S=C1Cc2cc(N=Cc3c(Br)ccc4c3OCO4)ccc2N1. The number of nitrogens with one attached hydrogen (secondary N) is 1. The van der Waals surface area contributed by atoms with Gasteiger partial charge < -0.3 is 24.3 Å². The van der Waals surface area contributed by atoms with Gasteiger partial charge in [0.2, 0.25) is 13.6 Å². The molecular formula is C24H16Br2N2O5S. The molecule has 34 heavy (non-hydrogen) atoms. The Hall–Kier alpha value is -2.95. The fourth-order valence-electron chi connectivity index (χ4n) is 3.61. The highest BCUT2D eigenvalue weighted by molar-refractivity contribution is 9.10. The molecule has 0 spiro atoms. The summed E-state index contributed by atoms with van der Waals surface area (Å²) in [5.74, 6) is 2.62. The normalized spacial score (nSPS) is 14.5. The molecule has 0 aromatic heterocycles. The number of hydrogen-bond donors (Lipinski definition) is 1. The second-order valence-corrected chi connectivity index (χ2v) is 9.53. The van der Waals surface area contributed by atoms with Crippen molar-refractivity contribution in [1.82, 2.24) is 0 Å². The van der Waals surface area contributed by atoms with Gasteiger partial charge in [0.05, 0.1) is 21.8 Å². The first-order valence-corrected chi connectivity index (χ1v) is 12.1. The molecule has 10 heteroatoms. The van der Waals surface area contributed by atoms with E-state index in [-0.39, 0.29) is 13.6 Å². The number of thiocarbonyl (C=S) groups is 1. The largest absolute Gasteiger partial charge is 0.454 e. The molecule has 3 aromatic rings. The summed E-state index contributed by atoms with van der Waals surface area (Å²) < 4.78 is 22.8. The molecule has 7 nitrogen and oxygen atoms in total. The molecule has 0 aliphatic carbocycles. The molecule has 1 N–H and O–H groups in total. The maximum Gasteiger partial charge on any atom is 0.231 e. The monoisotopic (exact) mass is 602 g/mol. The zero-order chi connectivity index (χ0) is 23.7. The number of anilines is 1. The summed E-state index contributed by atoms with van der Waals surface area (Å²) in [4.78, 5) is 16.0. The second kappa shape index (κ2) is 9.73. The van der Waals surface area contributed by atoms with Crippen molar-refractivity contribution in [3.05, 3.63) is 68.1 Å². The third-order valence-electron chi connectivity index (χ3n) is 5.22. The Morgan fingerprint density at radius 3 is 2.21 bits per heavy atom. The van der Waals surface area contributed by atoms with Crippen molar-refractivity contribution in [2.75, 3.05) is 18.9 Å². The van der Waals surface area contributed by atoms with E-state index in [0.717, 1.165) is 55.1 Å². The van der Waals surface area contributed by atoms with Crippen LogP contribution >= 0.6 is 44.1 Å². The summed E-state index contributed by atoms with van der Waals surface area (Å²) in [5.41, 5.74) is 4.52. The minimum absolute atomic E-state index is 0.187. The first-order chi connectivity index (χ1) is 16.5. The van der Waals surface area contributed by atoms with Gasteiger partial charge in [-0.05, 0) is 79.9 Å². The molecule has 0 bridgehead atoms. The smallest absolute Gasteiger partial charge is 0.231 e. The average molecular weight is 604 g/mol. The van der Waals surface area contributed by atoms with Crippen LogP contribution in [0.1, 0.15) is 21.5 Å². The standard InChI is InChI=1S/C16H11BrN2O2S.C8H5BrO3/c17-12-2-4-14-16(21-8-20-14)11(12)7-18-10-1-3-13-9(5-10)6-15(22)19-13;9-6-1-2-7-8(5(6)3-10)12-4-11-7/h1-5,7H,6,8H2,(H,19,22);1-3H,4H2. The van der Waals surface area contributed by atoms with E-state index < -0.39 is 0 Å². The number of halogens is 2. The fraction of sp³-hybridized carbons (Fsp3) is 0.125. The van der Waals surface area contributed by atoms with E-state index in [4.69, 9.17) is 31.2 Å². The van der Waals surface area contributed by atoms with E-state index in [1.165, 1.54) is 5.56 Å². The highest BCUT2D eigenvalue weighted by Gasteiger charge is 2.20. The van der Waals surface area contributed by atoms with Crippen molar-refractivity contribution in [3.63, 3.8) is 0 Å². The third kappa shape index (κ3) is 4.53. The lowest BCUT2D eigenvalue weighted by Crippen LogP contribution is -2.00. The van der Waals surface area contributed by atoms with Crippen molar-refractivity contribution >= 4 is 72.9 Å². The van der Waals surface area contributed by atoms with Gasteiger partial charge in [-0.1, -0.05) is 12.2 Å². The van der Waals surface area contributed by atoms with Crippen molar-refractivity contribution in [2.45, 2.75) is 6.42 Å². The molecule has 3 aliphatic heterocycles. The zero-order valence-electron chi connectivity index (χ0n) is 17.5. The topological polar surface area (TPSA) is 78.4 Å². The molecule has 0 fully saturated rings. The predicted molar refractivity (Wildman–Crippen MR) is 140 cm³/mol.